The smallest absolute Gasteiger partial charge is 0.217 e. The van der Waals surface area contributed by atoms with Crippen LogP contribution in [0, 0.1) is 11.3 Å². The predicted octanol–water partition coefficient (Wildman–Crippen LogP) is 2.13. The summed E-state index contributed by atoms with van der Waals surface area (Å²) in [7, 11) is 0. The minimum absolute atomic E-state index is 0.0622. The Morgan fingerprint density at radius 2 is 1.55 bits per heavy atom. The Balaban J connectivity index is 1.96. The molecule has 0 heterocycles. The molecule has 3 aliphatic carbocycles. The van der Waals surface area contributed by atoms with E-state index in [0.29, 0.717) is 11.3 Å². The first-order valence-electron chi connectivity index (χ1n) is 7.84. The molecule has 3 saturated carbocycles. The van der Waals surface area contributed by atoms with E-state index in [-0.39, 0.29) is 22.9 Å². The summed E-state index contributed by atoms with van der Waals surface area (Å²) in [5, 5.41) is 6.50. The Morgan fingerprint density at radius 1 is 0.950 bits per heavy atom. The summed E-state index contributed by atoms with van der Waals surface area (Å²) in [6.07, 6.45) is 7.62. The number of nitrogens with one attached hydrogen (secondary N) is 2. The van der Waals surface area contributed by atoms with Gasteiger partial charge in [0.1, 0.15) is 0 Å². The molecule has 0 aromatic heterocycles. The van der Waals surface area contributed by atoms with E-state index in [0.717, 1.165) is 32.1 Å². The molecule has 0 saturated heterocycles. The Hall–Kier alpha value is -1.06. The van der Waals surface area contributed by atoms with Crippen LogP contribution in [0.3, 0.4) is 0 Å². The van der Waals surface area contributed by atoms with Crippen LogP contribution in [-0.4, -0.2) is 22.9 Å². The third kappa shape index (κ3) is 2.13. The molecule has 4 unspecified atom stereocenters. The number of fused-ring (bicyclic) bond motifs is 2. The van der Waals surface area contributed by atoms with Crippen LogP contribution >= 0.6 is 0 Å². The first-order valence-corrected chi connectivity index (χ1v) is 7.84. The van der Waals surface area contributed by atoms with Gasteiger partial charge in [0.25, 0.3) is 0 Å². The van der Waals surface area contributed by atoms with Gasteiger partial charge in [-0.1, -0.05) is 13.3 Å². The fraction of sp³-hybridized carbons (Fsp3) is 0.875. The van der Waals surface area contributed by atoms with Gasteiger partial charge in [0.2, 0.25) is 11.8 Å². The number of hydrogen-bond donors (Lipinski definition) is 2. The summed E-state index contributed by atoms with van der Waals surface area (Å²) in [5.41, 5.74) is 0.150. The monoisotopic (exact) mass is 278 g/mol. The van der Waals surface area contributed by atoms with E-state index < -0.39 is 0 Å². The van der Waals surface area contributed by atoms with Crippen LogP contribution in [0.4, 0.5) is 0 Å². The molecule has 0 aliphatic heterocycles. The number of carbonyl (C=O) groups is 2. The zero-order valence-corrected chi connectivity index (χ0v) is 12.8. The van der Waals surface area contributed by atoms with Crippen molar-refractivity contribution in [2.75, 3.05) is 0 Å². The van der Waals surface area contributed by atoms with Gasteiger partial charge in [-0.3, -0.25) is 9.59 Å². The van der Waals surface area contributed by atoms with Gasteiger partial charge < -0.3 is 10.6 Å². The van der Waals surface area contributed by atoms with E-state index in [1.807, 2.05) is 0 Å². The third-order valence-electron chi connectivity index (χ3n) is 5.96. The maximum atomic E-state index is 11.6. The van der Waals surface area contributed by atoms with Crippen molar-refractivity contribution >= 4 is 11.8 Å². The van der Waals surface area contributed by atoms with E-state index >= 15 is 0 Å². The molecule has 0 aromatic carbocycles. The van der Waals surface area contributed by atoms with E-state index in [2.05, 4.69) is 17.6 Å². The zero-order valence-electron chi connectivity index (χ0n) is 12.8. The molecule has 3 aliphatic rings. The minimum atomic E-state index is -0.0918. The fourth-order valence-corrected chi connectivity index (χ4v) is 5.71. The first kappa shape index (κ1) is 13.9. The molecule has 4 heteroatoms. The maximum Gasteiger partial charge on any atom is 0.217 e. The lowest BCUT2D eigenvalue weighted by molar-refractivity contribution is -0.122. The lowest BCUT2D eigenvalue weighted by Gasteiger charge is -2.47. The van der Waals surface area contributed by atoms with Crippen molar-refractivity contribution in [1.29, 1.82) is 0 Å². The van der Waals surface area contributed by atoms with Crippen molar-refractivity contribution in [2.24, 2.45) is 11.3 Å². The average molecular weight is 278 g/mol. The summed E-state index contributed by atoms with van der Waals surface area (Å²) in [6.45, 7) is 5.61. The SMILES string of the molecule is CC(=O)NC12CCCC3(C)CC(NC(C)=O)(CC3C1)C2. The third-order valence-corrected chi connectivity index (χ3v) is 5.96. The molecule has 4 atom stereocenters. The van der Waals surface area contributed by atoms with Crippen molar-refractivity contribution in [3.63, 3.8) is 0 Å². The van der Waals surface area contributed by atoms with Gasteiger partial charge >= 0.3 is 0 Å². The van der Waals surface area contributed by atoms with Gasteiger partial charge in [-0.05, 0) is 49.9 Å². The molecule has 3 bridgehead atoms. The highest BCUT2D eigenvalue weighted by molar-refractivity contribution is 5.75. The summed E-state index contributed by atoms with van der Waals surface area (Å²) < 4.78 is 0. The summed E-state index contributed by atoms with van der Waals surface area (Å²) >= 11 is 0. The summed E-state index contributed by atoms with van der Waals surface area (Å²) in [5.74, 6) is 0.748. The van der Waals surface area contributed by atoms with Crippen LogP contribution in [0.5, 0.6) is 0 Å². The molecule has 4 nitrogen and oxygen atoms in total. The molecule has 20 heavy (non-hydrogen) atoms. The van der Waals surface area contributed by atoms with Crippen LogP contribution in [0.2, 0.25) is 0 Å². The second-order valence-electron chi connectivity index (χ2n) is 7.89. The molecule has 0 radical (unpaired) electrons. The molecule has 3 fully saturated rings. The van der Waals surface area contributed by atoms with E-state index in [9.17, 15) is 9.59 Å². The number of rotatable bonds is 2. The second-order valence-corrected chi connectivity index (χ2v) is 7.89. The standard InChI is InChI=1S/C16H26N2O2/c1-11(19)17-15-6-4-5-14(3)9-16(10-15,18-12(2)20)8-13(14)7-15/h13H,4-10H2,1-3H3,(H,17,19)(H,18,20). The highest BCUT2D eigenvalue weighted by Gasteiger charge is 2.61. The quantitative estimate of drug-likeness (QED) is 0.813. The second kappa shape index (κ2) is 4.22. The minimum Gasteiger partial charge on any atom is -0.351 e. The Morgan fingerprint density at radius 3 is 2.20 bits per heavy atom. The van der Waals surface area contributed by atoms with E-state index in [1.165, 1.54) is 12.8 Å². The predicted molar refractivity (Wildman–Crippen MR) is 77.0 cm³/mol. The van der Waals surface area contributed by atoms with Crippen LogP contribution in [0.1, 0.15) is 65.7 Å². The van der Waals surface area contributed by atoms with Crippen molar-refractivity contribution in [1.82, 2.24) is 10.6 Å². The number of amides is 2. The van der Waals surface area contributed by atoms with Crippen LogP contribution < -0.4 is 10.6 Å². The molecule has 3 rings (SSSR count). The van der Waals surface area contributed by atoms with E-state index in [4.69, 9.17) is 0 Å². The molecule has 112 valence electrons. The van der Waals surface area contributed by atoms with Crippen LogP contribution in [-0.2, 0) is 9.59 Å². The number of hydrogen-bond acceptors (Lipinski definition) is 2. The average Bonchev–Trinajstić information content (AvgIpc) is 2.37. The molecular formula is C16H26N2O2. The Bertz CT molecular complexity index is 447. The molecule has 0 spiro atoms. The van der Waals surface area contributed by atoms with Gasteiger partial charge in [-0.15, -0.1) is 0 Å². The van der Waals surface area contributed by atoms with Gasteiger partial charge in [-0.25, -0.2) is 0 Å². The maximum absolute atomic E-state index is 11.6. The Kier molecular flexibility index (Phi) is 2.93. The van der Waals surface area contributed by atoms with Gasteiger partial charge in [0.05, 0.1) is 0 Å². The summed E-state index contributed by atoms with van der Waals surface area (Å²) in [6, 6.07) is 0. The van der Waals surface area contributed by atoms with Crippen molar-refractivity contribution in [2.45, 2.75) is 76.8 Å². The first-order chi connectivity index (χ1) is 9.27. The highest BCUT2D eigenvalue weighted by atomic mass is 16.2. The summed E-state index contributed by atoms with van der Waals surface area (Å²) in [4.78, 5) is 23.3. The topological polar surface area (TPSA) is 58.2 Å². The fourth-order valence-electron chi connectivity index (χ4n) is 5.71. The molecule has 0 aromatic rings. The molecule has 2 amide bonds. The lowest BCUT2D eigenvalue weighted by Crippen LogP contribution is -2.60. The van der Waals surface area contributed by atoms with Gasteiger partial charge in [0.15, 0.2) is 0 Å². The van der Waals surface area contributed by atoms with Crippen molar-refractivity contribution < 1.29 is 9.59 Å². The molecular weight excluding hydrogens is 252 g/mol. The van der Waals surface area contributed by atoms with Crippen molar-refractivity contribution in [3.05, 3.63) is 0 Å². The van der Waals surface area contributed by atoms with Crippen LogP contribution in [0.25, 0.3) is 0 Å². The lowest BCUT2D eigenvalue weighted by atomic mass is 9.69. The number of carbonyl (C=O) groups excluding carboxylic acids is 2. The highest BCUT2D eigenvalue weighted by Crippen LogP contribution is 2.62. The largest absolute Gasteiger partial charge is 0.351 e. The molecule has 2 N–H and O–H groups in total. The van der Waals surface area contributed by atoms with Gasteiger partial charge in [-0.2, -0.15) is 0 Å². The normalized spacial score (nSPS) is 45.9. The van der Waals surface area contributed by atoms with Gasteiger partial charge in [0, 0.05) is 24.9 Å². The van der Waals surface area contributed by atoms with Crippen molar-refractivity contribution in [3.8, 4) is 0 Å². The van der Waals surface area contributed by atoms with E-state index in [1.54, 1.807) is 13.8 Å². The zero-order chi connectivity index (χ0) is 14.6. The Labute approximate surface area is 121 Å². The van der Waals surface area contributed by atoms with Crippen LogP contribution in [0.15, 0.2) is 0 Å².